The quantitative estimate of drug-likeness (QED) is 0.546. The number of para-hydroxylation sites is 1. The standard InChI is InChI=1S/C10H13NS2/c1-3-11(10(12)13)9-7-5-4-6-8(9)2/h4-7H,3H2,1-2H3,(H,12,13)/p-1. The number of benzene rings is 1. The predicted molar refractivity (Wildman–Crippen MR) is 64.2 cm³/mol. The second kappa shape index (κ2) is 4.53. The van der Waals surface area contributed by atoms with Crippen molar-refractivity contribution in [3.8, 4) is 0 Å². The van der Waals surface area contributed by atoms with Crippen LogP contribution in [0.1, 0.15) is 12.5 Å². The highest BCUT2D eigenvalue weighted by Crippen LogP contribution is 2.19. The fraction of sp³-hybridized carbons (Fsp3) is 0.300. The van der Waals surface area contributed by atoms with E-state index in [1.165, 1.54) is 5.56 Å². The summed E-state index contributed by atoms with van der Waals surface area (Å²) in [6.45, 7) is 4.93. The van der Waals surface area contributed by atoms with Crippen LogP contribution in [0.5, 0.6) is 0 Å². The first-order valence-corrected chi connectivity index (χ1v) is 5.02. The fourth-order valence-corrected chi connectivity index (χ4v) is 1.72. The molecule has 1 rings (SSSR count). The normalized spacial score (nSPS) is 9.69. The number of aryl methyl sites for hydroxylation is 1. The summed E-state index contributed by atoms with van der Waals surface area (Å²) in [5.41, 5.74) is 2.32. The molecule has 0 amide bonds. The zero-order chi connectivity index (χ0) is 9.84. The van der Waals surface area contributed by atoms with Crippen LogP contribution in [0, 0.1) is 6.92 Å². The Kier molecular flexibility index (Phi) is 3.63. The molecule has 0 aliphatic rings. The summed E-state index contributed by atoms with van der Waals surface area (Å²) < 4.78 is 0.511. The van der Waals surface area contributed by atoms with Gasteiger partial charge in [0, 0.05) is 12.2 Å². The number of hydrogen-bond donors (Lipinski definition) is 0. The molecule has 3 heteroatoms. The third-order valence-electron chi connectivity index (χ3n) is 1.94. The lowest BCUT2D eigenvalue weighted by atomic mass is 10.2. The molecule has 0 heterocycles. The van der Waals surface area contributed by atoms with Gasteiger partial charge in [0.2, 0.25) is 0 Å². The lowest BCUT2D eigenvalue weighted by molar-refractivity contribution is 1.07. The SMILES string of the molecule is CCN(C(=S)[S-])c1ccccc1C. The maximum atomic E-state index is 5.00. The van der Waals surface area contributed by atoms with E-state index in [0.717, 1.165) is 12.2 Å². The van der Waals surface area contributed by atoms with Gasteiger partial charge >= 0.3 is 0 Å². The Bertz CT molecular complexity index is 310. The topological polar surface area (TPSA) is 3.24 Å². The van der Waals surface area contributed by atoms with Crippen molar-refractivity contribution in [1.82, 2.24) is 0 Å². The first-order chi connectivity index (χ1) is 6.16. The first kappa shape index (κ1) is 10.4. The van der Waals surface area contributed by atoms with E-state index in [1.807, 2.05) is 30.0 Å². The van der Waals surface area contributed by atoms with Crippen LogP contribution in [-0.4, -0.2) is 10.9 Å². The highest BCUT2D eigenvalue weighted by atomic mass is 32.1. The largest absolute Gasteiger partial charge is 0.411 e. The molecule has 0 saturated carbocycles. The monoisotopic (exact) mass is 210 g/mol. The molecule has 0 radical (unpaired) electrons. The highest BCUT2D eigenvalue weighted by Gasteiger charge is 2.03. The van der Waals surface area contributed by atoms with Gasteiger partial charge in [-0.1, -0.05) is 22.5 Å². The number of nitrogens with zero attached hydrogens (tertiary/aromatic N) is 1. The summed E-state index contributed by atoms with van der Waals surface area (Å²) in [7, 11) is 0. The molecule has 0 saturated heterocycles. The van der Waals surface area contributed by atoms with Crippen molar-refractivity contribution in [2.45, 2.75) is 13.8 Å². The molecule has 0 N–H and O–H groups in total. The van der Waals surface area contributed by atoms with Crippen LogP contribution in [0.3, 0.4) is 0 Å². The fourth-order valence-electron chi connectivity index (χ4n) is 1.26. The molecular weight excluding hydrogens is 198 g/mol. The van der Waals surface area contributed by atoms with Gasteiger partial charge in [-0.15, -0.1) is 0 Å². The van der Waals surface area contributed by atoms with Crippen molar-refractivity contribution < 1.29 is 0 Å². The summed E-state index contributed by atoms with van der Waals surface area (Å²) in [6.07, 6.45) is 0. The van der Waals surface area contributed by atoms with E-state index >= 15 is 0 Å². The van der Waals surface area contributed by atoms with E-state index < -0.39 is 0 Å². The van der Waals surface area contributed by atoms with Gasteiger partial charge in [-0.25, -0.2) is 0 Å². The third-order valence-corrected chi connectivity index (χ3v) is 2.38. The van der Waals surface area contributed by atoms with Gasteiger partial charge in [0.15, 0.2) is 0 Å². The summed E-state index contributed by atoms with van der Waals surface area (Å²) in [6, 6.07) is 8.11. The van der Waals surface area contributed by atoms with Gasteiger partial charge in [0.05, 0.1) is 0 Å². The van der Waals surface area contributed by atoms with Gasteiger partial charge in [0.1, 0.15) is 0 Å². The first-order valence-electron chi connectivity index (χ1n) is 4.21. The predicted octanol–water partition coefficient (Wildman–Crippen LogP) is 2.65. The minimum Gasteiger partial charge on any atom is -0.411 e. The van der Waals surface area contributed by atoms with E-state index in [4.69, 9.17) is 24.8 Å². The molecule has 0 unspecified atom stereocenters. The summed E-state index contributed by atoms with van der Waals surface area (Å²) in [4.78, 5) is 1.96. The Morgan fingerprint density at radius 2 is 2.08 bits per heavy atom. The number of anilines is 1. The Morgan fingerprint density at radius 3 is 2.54 bits per heavy atom. The molecule has 13 heavy (non-hydrogen) atoms. The summed E-state index contributed by atoms with van der Waals surface area (Å²) in [5, 5.41) is 0. The maximum Gasteiger partial charge on any atom is 0.0427 e. The average Bonchev–Trinajstić information content (AvgIpc) is 2.09. The second-order valence-electron chi connectivity index (χ2n) is 2.80. The smallest absolute Gasteiger partial charge is 0.0427 e. The van der Waals surface area contributed by atoms with E-state index in [2.05, 4.69) is 13.0 Å². The summed E-state index contributed by atoms with van der Waals surface area (Å²) >= 11 is 10.00. The Morgan fingerprint density at radius 1 is 1.46 bits per heavy atom. The molecule has 0 aliphatic carbocycles. The van der Waals surface area contributed by atoms with Crippen LogP contribution in [0.4, 0.5) is 5.69 Å². The Hall–Kier alpha value is -0.670. The van der Waals surface area contributed by atoms with Crippen LogP contribution >= 0.6 is 12.2 Å². The zero-order valence-electron chi connectivity index (χ0n) is 7.78. The van der Waals surface area contributed by atoms with Gasteiger partial charge in [0.25, 0.3) is 0 Å². The minimum atomic E-state index is 0.511. The molecule has 0 spiro atoms. The zero-order valence-corrected chi connectivity index (χ0v) is 9.41. The minimum absolute atomic E-state index is 0.511. The van der Waals surface area contributed by atoms with Gasteiger partial charge < -0.3 is 29.7 Å². The Balaban J connectivity index is 3.04. The van der Waals surface area contributed by atoms with Gasteiger partial charge in [-0.3, -0.25) is 0 Å². The van der Waals surface area contributed by atoms with Gasteiger partial charge in [-0.2, -0.15) is 0 Å². The molecule has 0 atom stereocenters. The lowest BCUT2D eigenvalue weighted by Crippen LogP contribution is -2.27. The molecule has 0 aliphatic heterocycles. The average molecular weight is 210 g/mol. The van der Waals surface area contributed by atoms with Crippen molar-refractivity contribution in [3.05, 3.63) is 29.8 Å². The summed E-state index contributed by atoms with van der Waals surface area (Å²) in [5.74, 6) is 0. The van der Waals surface area contributed by atoms with Crippen LogP contribution in [0.25, 0.3) is 0 Å². The van der Waals surface area contributed by atoms with E-state index in [-0.39, 0.29) is 0 Å². The molecule has 1 nitrogen and oxygen atoms in total. The van der Waals surface area contributed by atoms with E-state index in [9.17, 15) is 0 Å². The van der Waals surface area contributed by atoms with E-state index in [0.29, 0.717) is 4.32 Å². The van der Waals surface area contributed by atoms with E-state index in [1.54, 1.807) is 0 Å². The van der Waals surface area contributed by atoms with Crippen LogP contribution in [-0.2, 0) is 12.6 Å². The molecule has 0 fully saturated rings. The van der Waals surface area contributed by atoms with Crippen molar-refractivity contribution in [2.75, 3.05) is 11.4 Å². The number of thiocarbonyl (C=S) groups is 1. The number of rotatable bonds is 2. The van der Waals surface area contributed by atoms with Crippen molar-refractivity contribution >= 4 is 34.9 Å². The van der Waals surface area contributed by atoms with Crippen LogP contribution < -0.4 is 4.90 Å². The second-order valence-corrected chi connectivity index (χ2v) is 3.83. The number of hydrogen-bond acceptors (Lipinski definition) is 2. The molecule has 1 aromatic carbocycles. The molecule has 0 bridgehead atoms. The third kappa shape index (κ3) is 2.39. The highest BCUT2D eigenvalue weighted by molar-refractivity contribution is 8.00. The van der Waals surface area contributed by atoms with Crippen LogP contribution in [0.15, 0.2) is 24.3 Å². The van der Waals surface area contributed by atoms with Crippen LogP contribution in [0.2, 0.25) is 0 Å². The maximum absolute atomic E-state index is 5.00. The molecule has 70 valence electrons. The molecular formula is C10H12NS2-. The molecule has 1 aromatic rings. The van der Waals surface area contributed by atoms with Crippen molar-refractivity contribution in [2.24, 2.45) is 0 Å². The Labute approximate surface area is 90.2 Å². The van der Waals surface area contributed by atoms with Gasteiger partial charge in [-0.05, 0) is 25.5 Å². The van der Waals surface area contributed by atoms with Crippen molar-refractivity contribution in [1.29, 1.82) is 0 Å². The lowest BCUT2D eigenvalue weighted by Gasteiger charge is -2.28. The van der Waals surface area contributed by atoms with Crippen molar-refractivity contribution in [3.63, 3.8) is 0 Å². The molecule has 0 aromatic heterocycles.